The van der Waals surface area contributed by atoms with E-state index in [0.717, 1.165) is 32.0 Å². The van der Waals surface area contributed by atoms with E-state index in [0.29, 0.717) is 0 Å². The van der Waals surface area contributed by atoms with E-state index < -0.39 is 0 Å². The van der Waals surface area contributed by atoms with Crippen molar-refractivity contribution < 1.29 is 4.74 Å². The summed E-state index contributed by atoms with van der Waals surface area (Å²) < 4.78 is 5.70. The Labute approximate surface area is 137 Å². The molecule has 0 unspecified atom stereocenters. The first kappa shape index (κ1) is 14.7. The van der Waals surface area contributed by atoms with Crippen LogP contribution in [0.2, 0.25) is 0 Å². The number of anilines is 1. The van der Waals surface area contributed by atoms with Gasteiger partial charge in [0.05, 0.1) is 24.9 Å². The number of hydrogen-bond acceptors (Lipinski definition) is 4. The van der Waals surface area contributed by atoms with Gasteiger partial charge in [0.1, 0.15) is 0 Å². The average molecular weight is 312 g/mol. The van der Waals surface area contributed by atoms with Crippen molar-refractivity contribution in [2.24, 2.45) is 0 Å². The SMILES string of the molecule is c1ccc(N2CCCC2)c(CN2CCOC[C@H]2c2ccn[nH]2)c1. The lowest BCUT2D eigenvalue weighted by atomic mass is 10.1. The van der Waals surface area contributed by atoms with Crippen molar-refractivity contribution in [2.45, 2.75) is 25.4 Å². The third kappa shape index (κ3) is 3.12. The second-order valence-electron chi connectivity index (χ2n) is 6.40. The lowest BCUT2D eigenvalue weighted by molar-refractivity contribution is -0.0142. The lowest BCUT2D eigenvalue weighted by Gasteiger charge is -2.35. The molecular weight excluding hydrogens is 288 g/mol. The van der Waals surface area contributed by atoms with Crippen LogP contribution in [-0.4, -0.2) is 47.9 Å². The number of H-pyrrole nitrogens is 1. The van der Waals surface area contributed by atoms with Crippen molar-refractivity contribution in [2.75, 3.05) is 37.7 Å². The summed E-state index contributed by atoms with van der Waals surface area (Å²) in [4.78, 5) is 5.03. The predicted molar refractivity (Wildman–Crippen MR) is 90.4 cm³/mol. The van der Waals surface area contributed by atoms with E-state index in [4.69, 9.17) is 4.74 Å². The van der Waals surface area contributed by atoms with Crippen LogP contribution in [0.4, 0.5) is 5.69 Å². The van der Waals surface area contributed by atoms with E-state index in [9.17, 15) is 0 Å². The largest absolute Gasteiger partial charge is 0.378 e. The maximum Gasteiger partial charge on any atom is 0.0755 e. The molecule has 5 heteroatoms. The zero-order valence-corrected chi connectivity index (χ0v) is 13.4. The summed E-state index contributed by atoms with van der Waals surface area (Å²) in [5.41, 5.74) is 3.96. The molecule has 0 aliphatic carbocycles. The normalized spacial score (nSPS) is 22.6. The molecule has 5 nitrogen and oxygen atoms in total. The molecule has 2 fully saturated rings. The van der Waals surface area contributed by atoms with Crippen molar-refractivity contribution in [3.63, 3.8) is 0 Å². The highest BCUT2D eigenvalue weighted by Crippen LogP contribution is 2.29. The standard InChI is InChI=1S/C18H24N4O/c1-2-6-17(21-9-3-4-10-21)15(5-1)13-22-11-12-23-14-18(22)16-7-8-19-20-16/h1-2,5-8,18H,3-4,9-14H2,(H,19,20)/t18-/m0/s1. The maximum absolute atomic E-state index is 5.70. The second-order valence-corrected chi connectivity index (χ2v) is 6.40. The number of aromatic nitrogens is 2. The number of para-hydroxylation sites is 1. The monoisotopic (exact) mass is 312 g/mol. The highest BCUT2D eigenvalue weighted by atomic mass is 16.5. The number of benzene rings is 1. The molecule has 0 saturated carbocycles. The Morgan fingerprint density at radius 2 is 2.00 bits per heavy atom. The minimum absolute atomic E-state index is 0.262. The van der Waals surface area contributed by atoms with Gasteiger partial charge in [0.25, 0.3) is 0 Å². The smallest absolute Gasteiger partial charge is 0.0755 e. The number of rotatable bonds is 4. The van der Waals surface area contributed by atoms with Crippen molar-refractivity contribution in [3.8, 4) is 0 Å². The molecule has 23 heavy (non-hydrogen) atoms. The summed E-state index contributed by atoms with van der Waals surface area (Å²) in [7, 11) is 0. The first-order chi connectivity index (χ1) is 11.4. The minimum Gasteiger partial charge on any atom is -0.378 e. The Bertz CT molecular complexity index is 622. The summed E-state index contributed by atoms with van der Waals surface area (Å²) in [5.74, 6) is 0. The van der Waals surface area contributed by atoms with E-state index >= 15 is 0 Å². The molecule has 0 bridgehead atoms. The van der Waals surface area contributed by atoms with Crippen LogP contribution in [0.15, 0.2) is 36.5 Å². The Kier molecular flexibility index (Phi) is 4.30. The van der Waals surface area contributed by atoms with Gasteiger partial charge in [0.15, 0.2) is 0 Å². The summed E-state index contributed by atoms with van der Waals surface area (Å²) >= 11 is 0. The molecule has 0 radical (unpaired) electrons. The van der Waals surface area contributed by atoms with Gasteiger partial charge >= 0.3 is 0 Å². The summed E-state index contributed by atoms with van der Waals surface area (Å²) in [6.07, 6.45) is 4.44. The van der Waals surface area contributed by atoms with Crippen molar-refractivity contribution in [1.29, 1.82) is 0 Å². The maximum atomic E-state index is 5.70. The first-order valence-corrected chi connectivity index (χ1v) is 8.56. The molecule has 1 aromatic heterocycles. The summed E-state index contributed by atoms with van der Waals surface area (Å²) in [5, 5.41) is 7.21. The van der Waals surface area contributed by atoms with Crippen LogP contribution in [0.3, 0.4) is 0 Å². The van der Waals surface area contributed by atoms with Gasteiger partial charge in [-0.25, -0.2) is 0 Å². The van der Waals surface area contributed by atoms with Crippen LogP contribution in [0.25, 0.3) is 0 Å². The topological polar surface area (TPSA) is 44.4 Å². The van der Waals surface area contributed by atoms with Gasteiger partial charge in [-0.3, -0.25) is 10.00 Å². The van der Waals surface area contributed by atoms with Gasteiger partial charge in [0, 0.05) is 38.1 Å². The first-order valence-electron chi connectivity index (χ1n) is 8.56. The third-order valence-corrected chi connectivity index (χ3v) is 4.93. The number of nitrogens with one attached hydrogen (secondary N) is 1. The van der Waals surface area contributed by atoms with Crippen molar-refractivity contribution in [1.82, 2.24) is 15.1 Å². The fourth-order valence-electron chi connectivity index (χ4n) is 3.70. The average Bonchev–Trinajstić information content (AvgIpc) is 3.30. The van der Waals surface area contributed by atoms with Crippen LogP contribution in [0.1, 0.15) is 30.1 Å². The van der Waals surface area contributed by atoms with Gasteiger partial charge in [-0.05, 0) is 30.5 Å². The summed E-state index contributed by atoms with van der Waals surface area (Å²) in [6.45, 7) is 5.82. The van der Waals surface area contributed by atoms with Crippen LogP contribution in [0, 0.1) is 0 Å². The van der Waals surface area contributed by atoms with Crippen LogP contribution < -0.4 is 4.90 Å². The summed E-state index contributed by atoms with van der Waals surface area (Å²) in [6, 6.07) is 11.2. The fraction of sp³-hybridized carbons (Fsp3) is 0.500. The second kappa shape index (κ2) is 6.72. The van der Waals surface area contributed by atoms with Crippen molar-refractivity contribution >= 4 is 5.69 Å². The number of aromatic amines is 1. The molecule has 1 atom stereocenters. The number of nitrogens with zero attached hydrogens (tertiary/aromatic N) is 3. The molecule has 2 aliphatic heterocycles. The lowest BCUT2D eigenvalue weighted by Crippen LogP contribution is -2.39. The van der Waals surface area contributed by atoms with Gasteiger partial charge in [-0.2, -0.15) is 5.10 Å². The molecule has 3 heterocycles. The fourth-order valence-corrected chi connectivity index (χ4v) is 3.70. The minimum atomic E-state index is 0.262. The predicted octanol–water partition coefficient (Wildman–Crippen LogP) is 2.58. The molecule has 2 aromatic rings. The Morgan fingerprint density at radius 1 is 1.13 bits per heavy atom. The highest BCUT2D eigenvalue weighted by Gasteiger charge is 2.27. The van der Waals surface area contributed by atoms with Crippen molar-refractivity contribution in [3.05, 3.63) is 47.8 Å². The number of hydrogen-bond donors (Lipinski definition) is 1. The molecule has 2 aliphatic rings. The zero-order chi connectivity index (χ0) is 15.5. The van der Waals surface area contributed by atoms with Gasteiger partial charge < -0.3 is 9.64 Å². The van der Waals surface area contributed by atoms with E-state index in [1.54, 1.807) is 0 Å². The molecule has 1 aromatic carbocycles. The Morgan fingerprint density at radius 3 is 2.83 bits per heavy atom. The molecule has 2 saturated heterocycles. The van der Waals surface area contributed by atoms with Gasteiger partial charge in [-0.15, -0.1) is 0 Å². The molecule has 0 spiro atoms. The van der Waals surface area contributed by atoms with Crippen LogP contribution in [-0.2, 0) is 11.3 Å². The van der Waals surface area contributed by atoms with Crippen LogP contribution >= 0.6 is 0 Å². The number of ether oxygens (including phenoxy) is 1. The molecular formula is C18H24N4O. The van der Waals surface area contributed by atoms with E-state index in [1.165, 1.54) is 37.2 Å². The Balaban J connectivity index is 1.56. The van der Waals surface area contributed by atoms with Gasteiger partial charge in [-0.1, -0.05) is 18.2 Å². The third-order valence-electron chi connectivity index (χ3n) is 4.93. The quantitative estimate of drug-likeness (QED) is 0.942. The molecule has 1 N–H and O–H groups in total. The molecule has 0 amide bonds. The van der Waals surface area contributed by atoms with Gasteiger partial charge in [0.2, 0.25) is 0 Å². The molecule has 122 valence electrons. The highest BCUT2D eigenvalue weighted by molar-refractivity contribution is 5.54. The molecule has 4 rings (SSSR count). The zero-order valence-electron chi connectivity index (χ0n) is 13.4. The van der Waals surface area contributed by atoms with E-state index in [2.05, 4.69) is 50.3 Å². The van der Waals surface area contributed by atoms with Crippen LogP contribution in [0.5, 0.6) is 0 Å². The van der Waals surface area contributed by atoms with E-state index in [-0.39, 0.29) is 6.04 Å². The number of morpholine rings is 1. The van der Waals surface area contributed by atoms with E-state index in [1.807, 2.05) is 6.20 Å². The Hall–Kier alpha value is -1.85.